The van der Waals surface area contributed by atoms with Crippen molar-refractivity contribution >= 4 is 0 Å². The SMILES string of the molecule is C=C(CC)NC1CCN(Cc2ccccc2)CC1. The standard InChI is InChI=1S/C16H24N2/c1-3-14(2)17-16-9-11-18(12-10-16)13-15-7-5-4-6-8-15/h4-8,16-17H,2-3,9-13H2,1H3. The number of hydrogen-bond donors (Lipinski definition) is 1. The molecule has 0 spiro atoms. The van der Waals surface area contributed by atoms with Gasteiger partial charge in [0, 0.05) is 31.4 Å². The molecule has 2 nitrogen and oxygen atoms in total. The van der Waals surface area contributed by atoms with Gasteiger partial charge in [-0.25, -0.2) is 0 Å². The van der Waals surface area contributed by atoms with Crippen molar-refractivity contribution in [2.45, 2.75) is 38.8 Å². The summed E-state index contributed by atoms with van der Waals surface area (Å²) in [6, 6.07) is 11.4. The van der Waals surface area contributed by atoms with Gasteiger partial charge in [-0.1, -0.05) is 43.8 Å². The summed E-state index contributed by atoms with van der Waals surface area (Å²) < 4.78 is 0. The topological polar surface area (TPSA) is 15.3 Å². The molecule has 0 saturated carbocycles. The van der Waals surface area contributed by atoms with E-state index in [0.29, 0.717) is 6.04 Å². The van der Waals surface area contributed by atoms with Crippen LogP contribution in [0.5, 0.6) is 0 Å². The fourth-order valence-corrected chi connectivity index (χ4v) is 2.47. The van der Waals surface area contributed by atoms with E-state index in [1.807, 2.05) is 0 Å². The molecule has 2 rings (SSSR count). The van der Waals surface area contributed by atoms with Gasteiger partial charge in [-0.15, -0.1) is 0 Å². The average molecular weight is 244 g/mol. The van der Waals surface area contributed by atoms with Crippen molar-refractivity contribution in [3.63, 3.8) is 0 Å². The molecule has 1 heterocycles. The molecule has 1 aliphatic heterocycles. The minimum Gasteiger partial charge on any atom is -0.386 e. The van der Waals surface area contributed by atoms with Crippen LogP contribution in [0.2, 0.25) is 0 Å². The summed E-state index contributed by atoms with van der Waals surface area (Å²) in [6.07, 6.45) is 3.49. The maximum atomic E-state index is 4.03. The predicted octanol–water partition coefficient (Wildman–Crippen LogP) is 3.16. The second-order valence-corrected chi connectivity index (χ2v) is 5.14. The lowest BCUT2D eigenvalue weighted by atomic mass is 10.0. The van der Waals surface area contributed by atoms with Crippen LogP contribution in [0.4, 0.5) is 0 Å². The van der Waals surface area contributed by atoms with Crippen LogP contribution in [0, 0.1) is 0 Å². The van der Waals surface area contributed by atoms with Crippen molar-refractivity contribution in [1.29, 1.82) is 0 Å². The summed E-state index contributed by atoms with van der Waals surface area (Å²) in [7, 11) is 0. The molecule has 0 amide bonds. The first-order valence-corrected chi connectivity index (χ1v) is 6.98. The van der Waals surface area contributed by atoms with Gasteiger partial charge in [0.1, 0.15) is 0 Å². The molecule has 0 aromatic heterocycles. The van der Waals surface area contributed by atoms with E-state index in [0.717, 1.165) is 13.0 Å². The Bertz CT molecular complexity index is 364. The van der Waals surface area contributed by atoms with E-state index in [-0.39, 0.29) is 0 Å². The first-order valence-electron chi connectivity index (χ1n) is 6.98. The van der Waals surface area contributed by atoms with Crippen LogP contribution in [0.1, 0.15) is 31.7 Å². The van der Waals surface area contributed by atoms with Crippen LogP contribution in [0.25, 0.3) is 0 Å². The molecule has 98 valence electrons. The first-order chi connectivity index (χ1) is 8.78. The highest BCUT2D eigenvalue weighted by Crippen LogP contribution is 2.14. The Morgan fingerprint density at radius 1 is 1.28 bits per heavy atom. The average Bonchev–Trinajstić information content (AvgIpc) is 2.42. The normalized spacial score (nSPS) is 17.6. The zero-order chi connectivity index (χ0) is 12.8. The molecule has 1 saturated heterocycles. The van der Waals surface area contributed by atoms with Crippen LogP contribution in [-0.4, -0.2) is 24.0 Å². The van der Waals surface area contributed by atoms with Gasteiger partial charge in [0.2, 0.25) is 0 Å². The lowest BCUT2D eigenvalue weighted by Crippen LogP contribution is -2.41. The van der Waals surface area contributed by atoms with Crippen molar-refractivity contribution in [3.8, 4) is 0 Å². The summed E-state index contributed by atoms with van der Waals surface area (Å²) in [4.78, 5) is 2.54. The second-order valence-electron chi connectivity index (χ2n) is 5.14. The van der Waals surface area contributed by atoms with Crippen molar-refractivity contribution in [2.75, 3.05) is 13.1 Å². The number of allylic oxidation sites excluding steroid dienone is 1. The Labute approximate surface area is 111 Å². The van der Waals surface area contributed by atoms with Crippen molar-refractivity contribution < 1.29 is 0 Å². The Balaban J connectivity index is 1.75. The lowest BCUT2D eigenvalue weighted by molar-refractivity contribution is 0.195. The van der Waals surface area contributed by atoms with Gasteiger partial charge in [0.15, 0.2) is 0 Å². The van der Waals surface area contributed by atoms with E-state index in [1.54, 1.807) is 0 Å². The fourth-order valence-electron chi connectivity index (χ4n) is 2.47. The van der Waals surface area contributed by atoms with Crippen LogP contribution in [0.3, 0.4) is 0 Å². The number of nitrogens with one attached hydrogen (secondary N) is 1. The van der Waals surface area contributed by atoms with Crippen LogP contribution in [-0.2, 0) is 6.54 Å². The minimum absolute atomic E-state index is 0.629. The second kappa shape index (κ2) is 6.60. The molecule has 0 unspecified atom stereocenters. The van der Waals surface area contributed by atoms with Gasteiger partial charge in [-0.2, -0.15) is 0 Å². The highest BCUT2D eigenvalue weighted by atomic mass is 15.1. The summed E-state index contributed by atoms with van der Waals surface area (Å²) in [6.45, 7) is 9.64. The predicted molar refractivity (Wildman–Crippen MR) is 77.3 cm³/mol. The molecule has 1 aromatic carbocycles. The van der Waals surface area contributed by atoms with Gasteiger partial charge in [-0.05, 0) is 24.8 Å². The number of likely N-dealkylation sites (tertiary alicyclic amines) is 1. The Hall–Kier alpha value is -1.28. The Kier molecular flexibility index (Phi) is 4.82. The number of rotatable bonds is 5. The van der Waals surface area contributed by atoms with E-state index in [2.05, 4.69) is 54.1 Å². The summed E-state index contributed by atoms with van der Waals surface area (Å²) in [5.74, 6) is 0. The lowest BCUT2D eigenvalue weighted by Gasteiger charge is -2.33. The minimum atomic E-state index is 0.629. The number of piperidine rings is 1. The monoisotopic (exact) mass is 244 g/mol. The largest absolute Gasteiger partial charge is 0.386 e. The highest BCUT2D eigenvalue weighted by Gasteiger charge is 2.18. The third-order valence-electron chi connectivity index (χ3n) is 3.67. The first kappa shape index (κ1) is 13.2. The summed E-state index contributed by atoms with van der Waals surface area (Å²) in [5.41, 5.74) is 2.60. The Morgan fingerprint density at radius 3 is 2.56 bits per heavy atom. The number of hydrogen-bond acceptors (Lipinski definition) is 2. The van der Waals surface area contributed by atoms with Crippen molar-refractivity contribution in [3.05, 3.63) is 48.2 Å². The van der Waals surface area contributed by atoms with Crippen LogP contribution in [0.15, 0.2) is 42.6 Å². The van der Waals surface area contributed by atoms with Gasteiger partial charge in [0.05, 0.1) is 0 Å². The van der Waals surface area contributed by atoms with E-state index in [4.69, 9.17) is 0 Å². The molecule has 1 fully saturated rings. The van der Waals surface area contributed by atoms with Gasteiger partial charge < -0.3 is 5.32 Å². The molecule has 18 heavy (non-hydrogen) atoms. The molecule has 0 bridgehead atoms. The fraction of sp³-hybridized carbons (Fsp3) is 0.500. The zero-order valence-electron chi connectivity index (χ0n) is 11.4. The summed E-state index contributed by atoms with van der Waals surface area (Å²) >= 11 is 0. The molecular formula is C16H24N2. The van der Waals surface area contributed by atoms with Crippen LogP contribution < -0.4 is 5.32 Å². The Morgan fingerprint density at radius 2 is 1.94 bits per heavy atom. The summed E-state index contributed by atoms with van der Waals surface area (Å²) in [5, 5.41) is 3.53. The molecule has 0 radical (unpaired) electrons. The molecular weight excluding hydrogens is 220 g/mol. The maximum Gasteiger partial charge on any atom is 0.0282 e. The van der Waals surface area contributed by atoms with E-state index >= 15 is 0 Å². The third kappa shape index (κ3) is 3.88. The zero-order valence-corrected chi connectivity index (χ0v) is 11.4. The van der Waals surface area contributed by atoms with Gasteiger partial charge in [0.25, 0.3) is 0 Å². The molecule has 2 heteroatoms. The molecule has 1 aliphatic rings. The van der Waals surface area contributed by atoms with Gasteiger partial charge in [-0.3, -0.25) is 4.90 Å². The smallest absolute Gasteiger partial charge is 0.0282 e. The molecule has 1 aromatic rings. The van der Waals surface area contributed by atoms with Gasteiger partial charge >= 0.3 is 0 Å². The van der Waals surface area contributed by atoms with E-state index < -0.39 is 0 Å². The van der Waals surface area contributed by atoms with Crippen molar-refractivity contribution in [2.24, 2.45) is 0 Å². The number of benzene rings is 1. The maximum absolute atomic E-state index is 4.03. The quantitative estimate of drug-likeness (QED) is 0.856. The van der Waals surface area contributed by atoms with Crippen LogP contribution >= 0.6 is 0 Å². The molecule has 1 N–H and O–H groups in total. The highest BCUT2D eigenvalue weighted by molar-refractivity contribution is 5.14. The van der Waals surface area contributed by atoms with E-state index in [9.17, 15) is 0 Å². The molecule has 0 aliphatic carbocycles. The third-order valence-corrected chi connectivity index (χ3v) is 3.67. The van der Waals surface area contributed by atoms with Crippen molar-refractivity contribution in [1.82, 2.24) is 10.2 Å². The number of nitrogens with zero attached hydrogens (tertiary/aromatic N) is 1. The van der Waals surface area contributed by atoms with E-state index in [1.165, 1.54) is 37.2 Å². The molecule has 0 atom stereocenters.